The summed E-state index contributed by atoms with van der Waals surface area (Å²) in [6, 6.07) is 5.09. The van der Waals surface area contributed by atoms with Gasteiger partial charge in [0.15, 0.2) is 0 Å². The number of nitrogens with one attached hydrogen (secondary N) is 1. The van der Waals surface area contributed by atoms with E-state index in [1.54, 1.807) is 12.3 Å². The molecule has 0 spiro atoms. The van der Waals surface area contributed by atoms with Gasteiger partial charge in [0.05, 0.1) is 16.6 Å². The van der Waals surface area contributed by atoms with Gasteiger partial charge < -0.3 is 0 Å². The topological polar surface area (TPSA) is 37.3 Å². The third-order valence-corrected chi connectivity index (χ3v) is 4.37. The number of hydrogen-bond acceptors (Lipinski definition) is 5. The third-order valence-electron chi connectivity index (χ3n) is 2.59. The highest BCUT2D eigenvalue weighted by Gasteiger charge is 2.05. The molecule has 1 N–H and O–H groups in total. The number of fused-ring (bicyclic) bond motifs is 1. The number of aromatic nitrogens is 1. The lowest BCUT2D eigenvalue weighted by molar-refractivity contribution is 0.641. The first-order valence-electron chi connectivity index (χ1n) is 5.61. The summed E-state index contributed by atoms with van der Waals surface area (Å²) in [5.41, 5.74) is 4.72. The predicted molar refractivity (Wildman–Crippen MR) is 79.9 cm³/mol. The van der Waals surface area contributed by atoms with Crippen molar-refractivity contribution in [3.05, 3.63) is 46.0 Å². The van der Waals surface area contributed by atoms with Crippen molar-refractivity contribution in [1.82, 2.24) is 4.98 Å². The van der Waals surface area contributed by atoms with E-state index in [4.69, 9.17) is 0 Å². The summed E-state index contributed by atoms with van der Waals surface area (Å²) in [7, 11) is 0. The zero-order chi connectivity index (χ0) is 13.2. The Morgan fingerprint density at radius 2 is 2.21 bits per heavy atom. The van der Waals surface area contributed by atoms with E-state index in [9.17, 15) is 4.39 Å². The van der Waals surface area contributed by atoms with Crippen LogP contribution in [-0.2, 0) is 0 Å². The number of anilines is 1. The number of hydrogen-bond donors (Lipinski definition) is 1. The monoisotopic (exact) mass is 291 g/mol. The first kappa shape index (κ1) is 12.3. The molecular formula is C13H10FN3S2. The van der Waals surface area contributed by atoms with E-state index in [2.05, 4.69) is 15.5 Å². The molecule has 6 heteroatoms. The molecule has 0 aliphatic heterocycles. The quantitative estimate of drug-likeness (QED) is 0.578. The number of thiazole rings is 1. The minimum atomic E-state index is -0.189. The fourth-order valence-electron chi connectivity index (χ4n) is 1.72. The standard InChI is InChI=1S/C13H10FN3S2/c1-8-7-19-13(16-8)17-15-6-9-2-3-11(14)12-10(9)4-5-18-12/h2-7H,1H3,(H,16,17). The maximum absolute atomic E-state index is 13.5. The van der Waals surface area contributed by atoms with Gasteiger partial charge in [-0.2, -0.15) is 5.10 Å². The van der Waals surface area contributed by atoms with Gasteiger partial charge in [0.1, 0.15) is 5.82 Å². The summed E-state index contributed by atoms with van der Waals surface area (Å²) in [6.07, 6.45) is 1.69. The Morgan fingerprint density at radius 1 is 1.32 bits per heavy atom. The molecule has 96 valence electrons. The lowest BCUT2D eigenvalue weighted by atomic mass is 10.1. The lowest BCUT2D eigenvalue weighted by Crippen LogP contribution is -1.91. The molecule has 0 saturated heterocycles. The van der Waals surface area contributed by atoms with E-state index in [-0.39, 0.29) is 5.82 Å². The largest absolute Gasteiger partial charge is 0.253 e. The van der Waals surface area contributed by atoms with Gasteiger partial charge in [-0.05, 0) is 30.5 Å². The molecule has 0 atom stereocenters. The number of hydrazone groups is 1. The Kier molecular flexibility index (Phi) is 3.27. The second kappa shape index (κ2) is 5.07. The molecule has 3 aromatic rings. The summed E-state index contributed by atoms with van der Waals surface area (Å²) in [5, 5.41) is 9.60. The number of rotatable bonds is 3. The van der Waals surface area contributed by atoms with Crippen molar-refractivity contribution in [1.29, 1.82) is 0 Å². The second-order valence-corrected chi connectivity index (χ2v) is 5.74. The maximum atomic E-state index is 13.5. The van der Waals surface area contributed by atoms with Crippen LogP contribution in [0.25, 0.3) is 10.1 Å². The van der Waals surface area contributed by atoms with Gasteiger partial charge in [0.25, 0.3) is 0 Å². The highest BCUT2D eigenvalue weighted by molar-refractivity contribution is 7.17. The summed E-state index contributed by atoms with van der Waals surface area (Å²) < 4.78 is 14.2. The number of halogens is 1. The summed E-state index contributed by atoms with van der Waals surface area (Å²) in [6.45, 7) is 1.93. The molecule has 0 saturated carbocycles. The molecule has 2 heterocycles. The molecular weight excluding hydrogens is 281 g/mol. The van der Waals surface area contributed by atoms with Gasteiger partial charge in [-0.3, -0.25) is 5.43 Å². The normalized spacial score (nSPS) is 11.5. The van der Waals surface area contributed by atoms with E-state index >= 15 is 0 Å². The van der Waals surface area contributed by atoms with Gasteiger partial charge in [-0.25, -0.2) is 9.37 Å². The van der Waals surface area contributed by atoms with E-state index in [0.717, 1.165) is 21.8 Å². The van der Waals surface area contributed by atoms with Gasteiger partial charge in [0.2, 0.25) is 5.13 Å². The van der Waals surface area contributed by atoms with E-state index in [1.807, 2.05) is 23.8 Å². The van der Waals surface area contributed by atoms with Crippen molar-refractivity contribution >= 4 is 44.1 Å². The van der Waals surface area contributed by atoms with Gasteiger partial charge in [-0.1, -0.05) is 0 Å². The number of benzene rings is 1. The fourth-order valence-corrected chi connectivity index (χ4v) is 3.20. The molecule has 0 bridgehead atoms. The highest BCUT2D eigenvalue weighted by atomic mass is 32.1. The molecule has 2 aromatic heterocycles. The lowest BCUT2D eigenvalue weighted by Gasteiger charge is -1.98. The van der Waals surface area contributed by atoms with Crippen LogP contribution in [0.15, 0.2) is 34.1 Å². The Bertz CT molecular complexity index is 745. The van der Waals surface area contributed by atoms with Crippen LogP contribution in [0.5, 0.6) is 0 Å². The smallest absolute Gasteiger partial charge is 0.203 e. The van der Waals surface area contributed by atoms with Crippen LogP contribution in [0, 0.1) is 12.7 Å². The average Bonchev–Trinajstić information content (AvgIpc) is 3.02. The minimum Gasteiger partial charge on any atom is -0.253 e. The van der Waals surface area contributed by atoms with Crippen molar-refractivity contribution in [2.24, 2.45) is 5.10 Å². The van der Waals surface area contributed by atoms with Crippen LogP contribution in [-0.4, -0.2) is 11.2 Å². The summed E-state index contributed by atoms with van der Waals surface area (Å²) in [4.78, 5) is 4.24. The SMILES string of the molecule is Cc1csc(NN=Cc2ccc(F)c3sccc23)n1. The molecule has 0 aliphatic carbocycles. The predicted octanol–water partition coefficient (Wildman–Crippen LogP) is 4.25. The summed E-state index contributed by atoms with van der Waals surface area (Å²) in [5.74, 6) is -0.189. The average molecular weight is 291 g/mol. The maximum Gasteiger partial charge on any atom is 0.203 e. The van der Waals surface area contributed by atoms with Crippen LogP contribution in [0.1, 0.15) is 11.3 Å². The van der Waals surface area contributed by atoms with E-state index in [0.29, 0.717) is 4.70 Å². The molecule has 1 aromatic carbocycles. The van der Waals surface area contributed by atoms with Crippen molar-refractivity contribution < 1.29 is 4.39 Å². The first-order valence-corrected chi connectivity index (χ1v) is 7.37. The van der Waals surface area contributed by atoms with Crippen molar-refractivity contribution in [2.45, 2.75) is 6.92 Å². The number of nitrogens with zero attached hydrogens (tertiary/aromatic N) is 2. The Morgan fingerprint density at radius 3 is 3.00 bits per heavy atom. The summed E-state index contributed by atoms with van der Waals surface area (Å²) >= 11 is 2.89. The zero-order valence-electron chi connectivity index (χ0n) is 10.1. The molecule has 3 rings (SSSR count). The second-order valence-electron chi connectivity index (χ2n) is 3.96. The van der Waals surface area contributed by atoms with Gasteiger partial charge >= 0.3 is 0 Å². The molecule has 0 unspecified atom stereocenters. The Hall–Kier alpha value is -1.79. The molecule has 19 heavy (non-hydrogen) atoms. The van der Waals surface area contributed by atoms with Crippen LogP contribution in [0.4, 0.5) is 9.52 Å². The fraction of sp³-hybridized carbons (Fsp3) is 0.0769. The van der Waals surface area contributed by atoms with E-state index in [1.165, 1.54) is 28.7 Å². The van der Waals surface area contributed by atoms with E-state index < -0.39 is 0 Å². The number of thiophene rings is 1. The van der Waals surface area contributed by atoms with Gasteiger partial charge in [-0.15, -0.1) is 22.7 Å². The highest BCUT2D eigenvalue weighted by Crippen LogP contribution is 2.26. The number of aryl methyl sites for hydroxylation is 1. The minimum absolute atomic E-state index is 0.189. The van der Waals surface area contributed by atoms with Crippen molar-refractivity contribution in [2.75, 3.05) is 5.43 Å². The molecule has 0 radical (unpaired) electrons. The first-order chi connectivity index (χ1) is 9.24. The van der Waals surface area contributed by atoms with Crippen LogP contribution < -0.4 is 5.43 Å². The molecule has 0 amide bonds. The van der Waals surface area contributed by atoms with Crippen LogP contribution in [0.3, 0.4) is 0 Å². The molecule has 3 nitrogen and oxygen atoms in total. The zero-order valence-corrected chi connectivity index (χ0v) is 11.7. The van der Waals surface area contributed by atoms with Crippen LogP contribution >= 0.6 is 22.7 Å². The van der Waals surface area contributed by atoms with Crippen molar-refractivity contribution in [3.63, 3.8) is 0 Å². The third kappa shape index (κ3) is 2.50. The Labute approximate surface area is 117 Å². The molecule has 0 fully saturated rings. The van der Waals surface area contributed by atoms with Crippen LogP contribution in [0.2, 0.25) is 0 Å². The Balaban J connectivity index is 1.85. The van der Waals surface area contributed by atoms with Crippen molar-refractivity contribution in [3.8, 4) is 0 Å². The molecule has 0 aliphatic rings. The van der Waals surface area contributed by atoms with Gasteiger partial charge in [0, 0.05) is 16.3 Å².